The van der Waals surface area contributed by atoms with Gasteiger partial charge in [-0.15, -0.1) is 0 Å². The number of halogens is 9. The van der Waals surface area contributed by atoms with Gasteiger partial charge < -0.3 is 4.74 Å². The van der Waals surface area contributed by atoms with Gasteiger partial charge in [-0.2, -0.15) is 39.5 Å². The van der Waals surface area contributed by atoms with Crippen molar-refractivity contribution in [3.63, 3.8) is 0 Å². The quantitative estimate of drug-likeness (QED) is 0.643. The van der Waals surface area contributed by atoms with E-state index in [-0.39, 0.29) is 18.8 Å². The van der Waals surface area contributed by atoms with Crippen LogP contribution >= 0.6 is 0 Å². The first-order chi connectivity index (χ1) is 9.26. The Hall–Kier alpha value is -0.670. The molecule has 0 radical (unpaired) electrons. The van der Waals surface area contributed by atoms with Gasteiger partial charge in [0.1, 0.15) is 0 Å². The number of hydrogen-bond donors (Lipinski definition) is 0. The van der Waals surface area contributed by atoms with Gasteiger partial charge >= 0.3 is 24.1 Å². The Morgan fingerprint density at radius 2 is 1.38 bits per heavy atom. The van der Waals surface area contributed by atoms with E-state index in [2.05, 4.69) is 4.74 Å². The highest BCUT2D eigenvalue weighted by Crippen LogP contribution is 2.54. The summed E-state index contributed by atoms with van der Waals surface area (Å²) in [6, 6.07) is 0. The van der Waals surface area contributed by atoms with E-state index in [1.165, 1.54) is 0 Å². The highest BCUT2D eigenvalue weighted by molar-refractivity contribution is 4.97. The molecule has 21 heavy (non-hydrogen) atoms. The number of alkyl halides is 9. The first-order valence-corrected chi connectivity index (χ1v) is 6.14. The Balaban J connectivity index is 2.90. The Morgan fingerprint density at radius 3 is 1.76 bits per heavy atom. The van der Waals surface area contributed by atoms with Crippen molar-refractivity contribution in [2.24, 2.45) is 5.92 Å². The molecule has 0 bridgehead atoms. The zero-order chi connectivity index (χ0) is 16.7. The summed E-state index contributed by atoms with van der Waals surface area (Å²) in [5.41, 5.74) is 0. The molecular formula is C11H13F9O. The lowest BCUT2D eigenvalue weighted by Crippen LogP contribution is -2.62. The van der Waals surface area contributed by atoms with E-state index in [4.69, 9.17) is 0 Å². The summed E-state index contributed by atoms with van der Waals surface area (Å²) < 4.78 is 117. The molecule has 1 nitrogen and oxygen atoms in total. The lowest BCUT2D eigenvalue weighted by Gasteiger charge is -2.34. The Labute approximate surface area is 114 Å². The predicted molar refractivity (Wildman–Crippen MR) is 53.4 cm³/mol. The largest absolute Gasteiger partial charge is 0.460 e. The van der Waals surface area contributed by atoms with Crippen molar-refractivity contribution in [3.8, 4) is 0 Å². The van der Waals surface area contributed by atoms with Crippen molar-refractivity contribution in [1.29, 1.82) is 0 Å². The molecule has 1 saturated carbocycles. The lowest BCUT2D eigenvalue weighted by molar-refractivity contribution is -0.449. The van der Waals surface area contributed by atoms with Gasteiger partial charge in [0.25, 0.3) is 0 Å². The summed E-state index contributed by atoms with van der Waals surface area (Å²) in [6.07, 6.45) is -13.5. The second-order valence-corrected chi connectivity index (χ2v) is 4.99. The fourth-order valence-corrected chi connectivity index (χ4v) is 2.15. The zero-order valence-corrected chi connectivity index (χ0v) is 10.8. The number of rotatable bonds is 5. The van der Waals surface area contributed by atoms with E-state index in [9.17, 15) is 39.5 Å². The average molecular weight is 332 g/mol. The van der Waals surface area contributed by atoms with E-state index >= 15 is 0 Å². The number of hydrogen-bond acceptors (Lipinski definition) is 1. The van der Waals surface area contributed by atoms with Gasteiger partial charge in [0.05, 0.1) is 6.10 Å². The monoisotopic (exact) mass is 332 g/mol. The molecule has 2 atom stereocenters. The molecule has 0 aromatic carbocycles. The summed E-state index contributed by atoms with van der Waals surface area (Å²) >= 11 is 0. The third-order valence-electron chi connectivity index (χ3n) is 3.50. The molecule has 0 amide bonds. The zero-order valence-electron chi connectivity index (χ0n) is 10.8. The minimum Gasteiger partial charge on any atom is -0.312 e. The van der Waals surface area contributed by atoms with Crippen LogP contribution in [-0.2, 0) is 4.74 Å². The minimum absolute atomic E-state index is 0.0836. The molecule has 0 aromatic rings. The van der Waals surface area contributed by atoms with Crippen molar-refractivity contribution in [3.05, 3.63) is 0 Å². The molecule has 1 rings (SSSR count). The van der Waals surface area contributed by atoms with E-state index in [1.54, 1.807) is 6.92 Å². The standard InChI is InChI=1S/C11H13F9O/c1-2-6-3-4-7(5-6)21-11(19,20)9(14,15)8(12,13)10(16,17)18/h6-7H,2-5H2,1H3. The first-order valence-electron chi connectivity index (χ1n) is 6.14. The van der Waals surface area contributed by atoms with E-state index in [0.29, 0.717) is 12.8 Å². The van der Waals surface area contributed by atoms with Crippen LogP contribution < -0.4 is 0 Å². The lowest BCUT2D eigenvalue weighted by atomic mass is 10.1. The molecule has 0 saturated heterocycles. The van der Waals surface area contributed by atoms with Gasteiger partial charge in [-0.3, -0.25) is 0 Å². The molecule has 126 valence electrons. The van der Waals surface area contributed by atoms with E-state index in [0.717, 1.165) is 0 Å². The molecule has 0 spiro atoms. The molecular weight excluding hydrogens is 319 g/mol. The highest BCUT2D eigenvalue weighted by atomic mass is 19.4. The van der Waals surface area contributed by atoms with E-state index in [1.807, 2.05) is 0 Å². The SMILES string of the molecule is CCC1CCC(OC(F)(F)C(F)(F)C(F)(F)C(F)(F)F)C1. The normalized spacial score (nSPS) is 25.4. The Kier molecular flexibility index (Phi) is 4.82. The summed E-state index contributed by atoms with van der Waals surface area (Å²) in [6.45, 7) is 1.71. The van der Waals surface area contributed by atoms with Crippen molar-refractivity contribution in [1.82, 2.24) is 0 Å². The highest BCUT2D eigenvalue weighted by Gasteiger charge is 2.83. The molecule has 10 heteroatoms. The smallest absolute Gasteiger partial charge is 0.312 e. The van der Waals surface area contributed by atoms with Gasteiger partial charge in [-0.1, -0.05) is 13.3 Å². The van der Waals surface area contributed by atoms with Crippen LogP contribution in [0.4, 0.5) is 39.5 Å². The van der Waals surface area contributed by atoms with Crippen LogP contribution in [0.15, 0.2) is 0 Å². The van der Waals surface area contributed by atoms with Crippen LogP contribution in [0.2, 0.25) is 0 Å². The first kappa shape index (κ1) is 18.4. The molecule has 2 unspecified atom stereocenters. The van der Waals surface area contributed by atoms with Crippen LogP contribution in [0.1, 0.15) is 32.6 Å². The van der Waals surface area contributed by atoms with Crippen molar-refractivity contribution >= 4 is 0 Å². The molecule has 0 aromatic heterocycles. The van der Waals surface area contributed by atoms with Crippen LogP contribution in [0.25, 0.3) is 0 Å². The van der Waals surface area contributed by atoms with Crippen LogP contribution in [-0.4, -0.2) is 30.2 Å². The maximum Gasteiger partial charge on any atom is 0.460 e. The molecule has 0 N–H and O–H groups in total. The topological polar surface area (TPSA) is 9.23 Å². The third-order valence-corrected chi connectivity index (χ3v) is 3.50. The summed E-state index contributed by atoms with van der Waals surface area (Å²) in [7, 11) is 0. The average Bonchev–Trinajstić information content (AvgIpc) is 2.73. The van der Waals surface area contributed by atoms with Crippen molar-refractivity contribution < 1.29 is 44.3 Å². The minimum atomic E-state index is -6.90. The second-order valence-electron chi connectivity index (χ2n) is 4.99. The van der Waals surface area contributed by atoms with Gasteiger partial charge in [-0.25, -0.2) is 0 Å². The van der Waals surface area contributed by atoms with E-state index < -0.39 is 30.2 Å². The fraction of sp³-hybridized carbons (Fsp3) is 1.00. The second kappa shape index (κ2) is 5.51. The Bertz CT molecular complexity index is 363. The molecule has 1 aliphatic carbocycles. The summed E-state index contributed by atoms with van der Waals surface area (Å²) in [4.78, 5) is 0. The van der Waals surface area contributed by atoms with Gasteiger partial charge in [0.15, 0.2) is 0 Å². The molecule has 1 fully saturated rings. The Morgan fingerprint density at radius 1 is 0.857 bits per heavy atom. The van der Waals surface area contributed by atoms with Crippen LogP contribution in [0, 0.1) is 5.92 Å². The summed E-state index contributed by atoms with van der Waals surface area (Å²) in [5, 5.41) is 0. The van der Waals surface area contributed by atoms with Gasteiger partial charge in [-0.05, 0) is 25.2 Å². The van der Waals surface area contributed by atoms with Gasteiger partial charge in [0.2, 0.25) is 0 Å². The predicted octanol–water partition coefficient (Wildman–Crippen LogP) is 5.01. The third kappa shape index (κ3) is 3.24. The van der Waals surface area contributed by atoms with Crippen LogP contribution in [0.3, 0.4) is 0 Å². The van der Waals surface area contributed by atoms with Crippen molar-refractivity contribution in [2.45, 2.75) is 62.8 Å². The molecule has 1 aliphatic rings. The maximum atomic E-state index is 13.2. The fourth-order valence-electron chi connectivity index (χ4n) is 2.15. The number of ether oxygens (including phenoxy) is 1. The maximum absolute atomic E-state index is 13.2. The summed E-state index contributed by atoms with van der Waals surface area (Å²) in [5.74, 6) is -13.7. The van der Waals surface area contributed by atoms with Crippen LogP contribution in [0.5, 0.6) is 0 Å². The molecule has 0 heterocycles. The van der Waals surface area contributed by atoms with Gasteiger partial charge in [0, 0.05) is 0 Å². The van der Waals surface area contributed by atoms with Crippen molar-refractivity contribution in [2.75, 3.05) is 0 Å². The molecule has 0 aliphatic heterocycles.